The molecule has 21 heavy (non-hydrogen) atoms. The lowest BCUT2D eigenvalue weighted by molar-refractivity contribution is -1.000. The second kappa shape index (κ2) is 8.00. The average molecular weight is 293 g/mol. The molecule has 0 atom stereocenters. The number of nitrogens with one attached hydrogen (secondary N) is 3. The van der Waals surface area contributed by atoms with Gasteiger partial charge in [0.25, 0.3) is 5.91 Å². The number of carbonyl (C=O) groups excluding carboxylic acids is 1. The van der Waals surface area contributed by atoms with E-state index in [1.54, 1.807) is 12.0 Å². The molecule has 116 valence electrons. The average Bonchev–Trinajstić information content (AvgIpc) is 2.50. The van der Waals surface area contributed by atoms with Crippen LogP contribution in [0.15, 0.2) is 24.3 Å². The first-order valence-corrected chi connectivity index (χ1v) is 7.72. The molecule has 1 saturated heterocycles. The van der Waals surface area contributed by atoms with Crippen LogP contribution in [-0.4, -0.2) is 59.3 Å². The zero-order chi connectivity index (χ0) is 15.1. The fourth-order valence-electron chi connectivity index (χ4n) is 2.74. The van der Waals surface area contributed by atoms with Gasteiger partial charge in [-0.2, -0.15) is 0 Å². The number of ether oxygens (including phenoxy) is 1. The van der Waals surface area contributed by atoms with Crippen molar-refractivity contribution in [2.45, 2.75) is 6.42 Å². The van der Waals surface area contributed by atoms with Gasteiger partial charge in [0.05, 0.1) is 14.2 Å². The Balaban J connectivity index is 1.69. The van der Waals surface area contributed by atoms with E-state index >= 15 is 0 Å². The maximum absolute atomic E-state index is 12.0. The van der Waals surface area contributed by atoms with Crippen molar-refractivity contribution in [2.24, 2.45) is 0 Å². The molecule has 5 nitrogen and oxygen atoms in total. The van der Waals surface area contributed by atoms with Crippen molar-refractivity contribution in [2.75, 3.05) is 53.4 Å². The monoisotopic (exact) mass is 293 g/mol. The van der Waals surface area contributed by atoms with Crippen LogP contribution in [0.2, 0.25) is 0 Å². The number of hydrogen-bond donors (Lipinski definition) is 3. The van der Waals surface area contributed by atoms with Gasteiger partial charge in [-0.3, -0.25) is 4.79 Å². The fraction of sp³-hybridized carbons (Fsp3) is 0.562. The summed E-state index contributed by atoms with van der Waals surface area (Å²) in [5, 5.41) is 3.02. The lowest BCUT2D eigenvalue weighted by Gasteiger charge is -2.26. The van der Waals surface area contributed by atoms with Gasteiger partial charge in [-0.25, -0.2) is 0 Å². The molecule has 1 amide bonds. The number of methoxy groups -OCH3 is 1. The minimum atomic E-state index is 0.152. The number of piperazine rings is 1. The van der Waals surface area contributed by atoms with Crippen molar-refractivity contribution >= 4 is 5.91 Å². The molecule has 0 radical (unpaired) electrons. The highest BCUT2D eigenvalue weighted by molar-refractivity contribution is 5.76. The third-order valence-electron chi connectivity index (χ3n) is 4.13. The Morgan fingerprint density at radius 3 is 2.67 bits per heavy atom. The van der Waals surface area contributed by atoms with Crippen molar-refractivity contribution in [3.8, 4) is 5.75 Å². The Hall–Kier alpha value is -1.59. The highest BCUT2D eigenvalue weighted by Crippen LogP contribution is 2.16. The molecule has 3 N–H and O–H groups in total. The lowest BCUT2D eigenvalue weighted by atomic mass is 10.1. The van der Waals surface area contributed by atoms with E-state index in [-0.39, 0.29) is 5.91 Å². The van der Waals surface area contributed by atoms with Crippen LogP contribution >= 0.6 is 0 Å². The van der Waals surface area contributed by atoms with E-state index in [0.717, 1.165) is 43.9 Å². The minimum Gasteiger partial charge on any atom is -0.496 e. The summed E-state index contributed by atoms with van der Waals surface area (Å²) in [6.45, 7) is 5.75. The second-order valence-electron chi connectivity index (χ2n) is 5.80. The van der Waals surface area contributed by atoms with Crippen LogP contribution in [0.3, 0.4) is 0 Å². The van der Waals surface area contributed by atoms with E-state index < -0.39 is 0 Å². The number of para-hydroxylation sites is 1. The molecule has 0 aliphatic carbocycles. The SMILES string of the molecule is COc1ccccc1CCNC(=O)C[NH+]1CC[NH+](C)CC1. The van der Waals surface area contributed by atoms with Crippen LogP contribution in [0.25, 0.3) is 0 Å². The quantitative estimate of drug-likeness (QED) is 0.556. The summed E-state index contributed by atoms with van der Waals surface area (Å²) < 4.78 is 5.32. The Kier molecular flexibility index (Phi) is 6.02. The predicted octanol–water partition coefficient (Wildman–Crippen LogP) is -2.23. The predicted molar refractivity (Wildman–Crippen MR) is 81.9 cm³/mol. The summed E-state index contributed by atoms with van der Waals surface area (Å²) >= 11 is 0. The minimum absolute atomic E-state index is 0.152. The Morgan fingerprint density at radius 2 is 1.95 bits per heavy atom. The summed E-state index contributed by atoms with van der Waals surface area (Å²) in [6.07, 6.45) is 0.804. The van der Waals surface area contributed by atoms with Gasteiger partial charge >= 0.3 is 0 Å². The van der Waals surface area contributed by atoms with Crippen molar-refractivity contribution in [1.82, 2.24) is 5.32 Å². The molecule has 0 unspecified atom stereocenters. The van der Waals surface area contributed by atoms with E-state index in [2.05, 4.69) is 12.4 Å². The maximum Gasteiger partial charge on any atom is 0.275 e. The van der Waals surface area contributed by atoms with Crippen LogP contribution in [-0.2, 0) is 11.2 Å². The largest absolute Gasteiger partial charge is 0.496 e. The van der Waals surface area contributed by atoms with E-state index in [0.29, 0.717) is 13.1 Å². The van der Waals surface area contributed by atoms with Gasteiger partial charge in [0, 0.05) is 6.54 Å². The van der Waals surface area contributed by atoms with Crippen molar-refractivity contribution in [1.29, 1.82) is 0 Å². The van der Waals surface area contributed by atoms with Gasteiger partial charge in [-0.1, -0.05) is 18.2 Å². The number of rotatable bonds is 6. The number of quaternary nitrogens is 2. The highest BCUT2D eigenvalue weighted by atomic mass is 16.5. The summed E-state index contributed by atoms with van der Waals surface area (Å²) in [6, 6.07) is 7.95. The number of amides is 1. The van der Waals surface area contributed by atoms with Gasteiger partial charge < -0.3 is 19.9 Å². The zero-order valence-corrected chi connectivity index (χ0v) is 13.1. The first kappa shape index (κ1) is 15.8. The summed E-state index contributed by atoms with van der Waals surface area (Å²) in [5.74, 6) is 1.04. The molecule has 1 fully saturated rings. The zero-order valence-electron chi connectivity index (χ0n) is 13.1. The molecule has 5 heteroatoms. The van der Waals surface area contributed by atoms with Crippen LogP contribution in [0.1, 0.15) is 5.56 Å². The van der Waals surface area contributed by atoms with Crippen LogP contribution in [0.5, 0.6) is 5.75 Å². The Labute approximate surface area is 126 Å². The lowest BCUT2D eigenvalue weighted by Crippen LogP contribution is -3.27. The molecule has 0 spiro atoms. The highest BCUT2D eigenvalue weighted by Gasteiger charge is 2.21. The van der Waals surface area contributed by atoms with Crippen molar-refractivity contribution in [3.63, 3.8) is 0 Å². The van der Waals surface area contributed by atoms with Crippen LogP contribution in [0, 0.1) is 0 Å². The van der Waals surface area contributed by atoms with Crippen molar-refractivity contribution < 1.29 is 19.3 Å². The Bertz CT molecular complexity index is 457. The van der Waals surface area contributed by atoms with E-state index in [1.165, 1.54) is 4.90 Å². The van der Waals surface area contributed by atoms with Gasteiger partial charge in [0.15, 0.2) is 6.54 Å². The molecule has 0 bridgehead atoms. The number of carbonyl (C=O) groups is 1. The maximum atomic E-state index is 12.0. The van der Waals surface area contributed by atoms with Gasteiger partial charge in [-0.15, -0.1) is 0 Å². The smallest absolute Gasteiger partial charge is 0.275 e. The van der Waals surface area contributed by atoms with E-state index in [9.17, 15) is 4.79 Å². The molecule has 1 aromatic rings. The first-order chi connectivity index (χ1) is 10.2. The standard InChI is InChI=1S/C16H25N3O2/c1-18-9-11-19(12-10-18)13-16(20)17-8-7-14-5-3-4-6-15(14)21-2/h3-6H,7-13H2,1-2H3,(H,17,20)/p+2. The molecule has 1 heterocycles. The number of benzene rings is 1. The van der Waals surface area contributed by atoms with Gasteiger partial charge in [0.1, 0.15) is 31.9 Å². The fourth-order valence-corrected chi connectivity index (χ4v) is 2.74. The summed E-state index contributed by atoms with van der Waals surface area (Å²) in [4.78, 5) is 14.9. The molecular weight excluding hydrogens is 266 g/mol. The third-order valence-corrected chi connectivity index (χ3v) is 4.13. The van der Waals surface area contributed by atoms with E-state index in [4.69, 9.17) is 4.74 Å². The Morgan fingerprint density at radius 1 is 1.24 bits per heavy atom. The summed E-state index contributed by atoms with van der Waals surface area (Å²) in [7, 11) is 3.89. The molecule has 2 rings (SSSR count). The van der Waals surface area contributed by atoms with Crippen molar-refractivity contribution in [3.05, 3.63) is 29.8 Å². The van der Waals surface area contributed by atoms with Crippen LogP contribution < -0.4 is 19.9 Å². The third kappa shape index (κ3) is 5.02. The molecular formula is C16H27N3O2+2. The first-order valence-electron chi connectivity index (χ1n) is 7.72. The molecule has 0 saturated carbocycles. The molecule has 0 aromatic heterocycles. The van der Waals surface area contributed by atoms with Gasteiger partial charge in [0.2, 0.25) is 0 Å². The van der Waals surface area contributed by atoms with Gasteiger partial charge in [-0.05, 0) is 18.1 Å². The summed E-state index contributed by atoms with van der Waals surface area (Å²) in [5.41, 5.74) is 1.14. The van der Waals surface area contributed by atoms with Crippen LogP contribution in [0.4, 0.5) is 0 Å². The number of hydrogen-bond acceptors (Lipinski definition) is 2. The molecule has 1 aliphatic rings. The molecule has 1 aromatic carbocycles. The second-order valence-corrected chi connectivity index (χ2v) is 5.80. The topological polar surface area (TPSA) is 47.2 Å². The normalized spacial score (nSPS) is 21.8. The molecule has 1 aliphatic heterocycles. The van der Waals surface area contributed by atoms with E-state index in [1.807, 2.05) is 24.3 Å². The number of likely N-dealkylation sites (N-methyl/N-ethyl adjacent to an activating group) is 1.